The SMILES string of the molecule is Cl.O=C(CC1CNCCO1)Nc1cc(C(F)(F)F)ccc1F. The number of benzene rings is 1. The summed E-state index contributed by atoms with van der Waals surface area (Å²) >= 11 is 0. The first-order chi connectivity index (χ1) is 9.86. The molecule has 0 bridgehead atoms. The summed E-state index contributed by atoms with van der Waals surface area (Å²) in [5, 5.41) is 5.16. The second-order valence-electron chi connectivity index (χ2n) is 4.64. The zero-order chi connectivity index (χ0) is 15.5. The first-order valence-electron chi connectivity index (χ1n) is 6.35. The van der Waals surface area contributed by atoms with Gasteiger partial charge in [0, 0.05) is 13.1 Å². The predicted octanol–water partition coefficient (Wildman–Crippen LogP) is 2.58. The van der Waals surface area contributed by atoms with Crippen molar-refractivity contribution in [2.75, 3.05) is 25.0 Å². The van der Waals surface area contributed by atoms with Crippen LogP contribution in [0.15, 0.2) is 18.2 Å². The minimum Gasteiger partial charge on any atom is -0.375 e. The topological polar surface area (TPSA) is 50.4 Å². The first kappa shape index (κ1) is 18.7. The van der Waals surface area contributed by atoms with E-state index in [9.17, 15) is 22.4 Å². The van der Waals surface area contributed by atoms with E-state index in [4.69, 9.17) is 4.74 Å². The zero-order valence-corrected chi connectivity index (χ0v) is 12.2. The van der Waals surface area contributed by atoms with Crippen LogP contribution in [-0.4, -0.2) is 31.7 Å². The van der Waals surface area contributed by atoms with E-state index < -0.39 is 29.2 Å². The molecule has 1 heterocycles. The molecule has 1 saturated heterocycles. The minimum absolute atomic E-state index is 0. The number of hydrogen-bond donors (Lipinski definition) is 2. The standard InChI is InChI=1S/C13H14F4N2O2.ClH/c14-10-2-1-8(13(15,16)17)5-11(10)19-12(20)6-9-7-18-3-4-21-9;/h1-2,5,9,18H,3-4,6-7H2,(H,19,20);1H. The van der Waals surface area contributed by atoms with Gasteiger partial charge in [-0.3, -0.25) is 4.79 Å². The monoisotopic (exact) mass is 342 g/mol. The Morgan fingerprint density at radius 3 is 2.73 bits per heavy atom. The quantitative estimate of drug-likeness (QED) is 0.830. The number of morpholine rings is 1. The van der Waals surface area contributed by atoms with Crippen molar-refractivity contribution in [3.63, 3.8) is 0 Å². The molecule has 1 unspecified atom stereocenters. The van der Waals surface area contributed by atoms with Crippen molar-refractivity contribution in [1.82, 2.24) is 5.32 Å². The van der Waals surface area contributed by atoms with Gasteiger partial charge in [-0.15, -0.1) is 12.4 Å². The molecule has 0 radical (unpaired) electrons. The van der Waals surface area contributed by atoms with Gasteiger partial charge in [0.25, 0.3) is 0 Å². The normalized spacial score (nSPS) is 18.5. The number of amides is 1. The number of carbonyl (C=O) groups excluding carboxylic acids is 1. The zero-order valence-electron chi connectivity index (χ0n) is 11.4. The van der Waals surface area contributed by atoms with E-state index in [-0.39, 0.29) is 24.9 Å². The number of anilines is 1. The highest BCUT2D eigenvalue weighted by molar-refractivity contribution is 5.91. The van der Waals surface area contributed by atoms with Gasteiger partial charge >= 0.3 is 6.18 Å². The molecule has 1 aromatic carbocycles. The van der Waals surface area contributed by atoms with Gasteiger partial charge in [-0.1, -0.05) is 0 Å². The molecule has 2 rings (SSSR count). The number of hydrogen-bond acceptors (Lipinski definition) is 3. The fraction of sp³-hybridized carbons (Fsp3) is 0.462. The number of rotatable bonds is 3. The Bertz CT molecular complexity index is 519. The summed E-state index contributed by atoms with van der Waals surface area (Å²) in [4.78, 5) is 11.7. The third-order valence-electron chi connectivity index (χ3n) is 2.99. The van der Waals surface area contributed by atoms with Gasteiger partial charge in [0.2, 0.25) is 5.91 Å². The summed E-state index contributed by atoms with van der Waals surface area (Å²) in [5.74, 6) is -1.51. The third kappa shape index (κ3) is 5.11. The van der Waals surface area contributed by atoms with Gasteiger partial charge in [0.05, 0.1) is 30.4 Å². The van der Waals surface area contributed by atoms with E-state index >= 15 is 0 Å². The molecule has 1 fully saturated rings. The summed E-state index contributed by atoms with van der Waals surface area (Å²) < 4.78 is 56.4. The molecular formula is C13H15ClF4N2O2. The van der Waals surface area contributed by atoms with Gasteiger partial charge in [0.15, 0.2) is 0 Å². The summed E-state index contributed by atoms with van der Waals surface area (Å²) in [7, 11) is 0. The smallest absolute Gasteiger partial charge is 0.375 e. The second-order valence-corrected chi connectivity index (χ2v) is 4.64. The third-order valence-corrected chi connectivity index (χ3v) is 2.99. The number of nitrogens with one attached hydrogen (secondary N) is 2. The van der Waals surface area contributed by atoms with Crippen LogP contribution in [0.1, 0.15) is 12.0 Å². The van der Waals surface area contributed by atoms with Crippen LogP contribution in [0.2, 0.25) is 0 Å². The number of carbonyl (C=O) groups is 1. The molecule has 124 valence electrons. The first-order valence-corrected chi connectivity index (χ1v) is 6.35. The van der Waals surface area contributed by atoms with Crippen LogP contribution in [-0.2, 0) is 15.7 Å². The Kier molecular flexibility index (Phi) is 6.58. The van der Waals surface area contributed by atoms with Crippen molar-refractivity contribution in [2.45, 2.75) is 18.7 Å². The second kappa shape index (κ2) is 7.75. The molecule has 0 spiro atoms. The van der Waals surface area contributed by atoms with Crippen LogP contribution in [0.25, 0.3) is 0 Å². The van der Waals surface area contributed by atoms with Crippen molar-refractivity contribution in [1.29, 1.82) is 0 Å². The summed E-state index contributed by atoms with van der Waals surface area (Å²) in [6.45, 7) is 1.61. The van der Waals surface area contributed by atoms with Gasteiger partial charge in [-0.25, -0.2) is 4.39 Å². The van der Waals surface area contributed by atoms with Gasteiger partial charge < -0.3 is 15.4 Å². The van der Waals surface area contributed by atoms with Crippen LogP contribution in [0.4, 0.5) is 23.2 Å². The van der Waals surface area contributed by atoms with Crippen molar-refractivity contribution in [2.24, 2.45) is 0 Å². The average Bonchev–Trinajstić information content (AvgIpc) is 2.41. The highest BCUT2D eigenvalue weighted by atomic mass is 35.5. The van der Waals surface area contributed by atoms with Gasteiger partial charge in [-0.05, 0) is 18.2 Å². The molecule has 1 amide bonds. The Labute approximate surface area is 130 Å². The molecule has 0 aliphatic carbocycles. The van der Waals surface area contributed by atoms with Crippen molar-refractivity contribution in [3.05, 3.63) is 29.6 Å². The van der Waals surface area contributed by atoms with E-state index in [2.05, 4.69) is 10.6 Å². The maximum atomic E-state index is 13.5. The fourth-order valence-corrected chi connectivity index (χ4v) is 1.96. The largest absolute Gasteiger partial charge is 0.416 e. The van der Waals surface area contributed by atoms with E-state index in [0.717, 1.165) is 0 Å². The van der Waals surface area contributed by atoms with Crippen molar-refractivity contribution in [3.8, 4) is 0 Å². The van der Waals surface area contributed by atoms with Gasteiger partial charge in [0.1, 0.15) is 5.82 Å². The number of halogens is 5. The molecule has 1 atom stereocenters. The number of ether oxygens (including phenoxy) is 1. The summed E-state index contributed by atoms with van der Waals surface area (Å²) in [5.41, 5.74) is -1.51. The molecule has 0 saturated carbocycles. The lowest BCUT2D eigenvalue weighted by Gasteiger charge is -2.23. The Morgan fingerprint density at radius 2 is 2.14 bits per heavy atom. The molecule has 0 aromatic heterocycles. The maximum absolute atomic E-state index is 13.5. The molecule has 1 aromatic rings. The fourth-order valence-electron chi connectivity index (χ4n) is 1.96. The van der Waals surface area contributed by atoms with Crippen molar-refractivity contribution < 1.29 is 27.1 Å². The van der Waals surface area contributed by atoms with E-state index in [1.807, 2.05) is 0 Å². The van der Waals surface area contributed by atoms with E-state index in [1.165, 1.54) is 0 Å². The van der Waals surface area contributed by atoms with Gasteiger partial charge in [-0.2, -0.15) is 13.2 Å². The Hall–Kier alpha value is -1.38. The van der Waals surface area contributed by atoms with E-state index in [1.54, 1.807) is 0 Å². The molecule has 4 nitrogen and oxygen atoms in total. The molecule has 22 heavy (non-hydrogen) atoms. The van der Waals surface area contributed by atoms with Crippen LogP contribution < -0.4 is 10.6 Å². The average molecular weight is 343 g/mol. The highest BCUT2D eigenvalue weighted by Crippen LogP contribution is 2.31. The predicted molar refractivity (Wildman–Crippen MR) is 74.5 cm³/mol. The lowest BCUT2D eigenvalue weighted by atomic mass is 10.1. The van der Waals surface area contributed by atoms with Crippen molar-refractivity contribution >= 4 is 24.0 Å². The van der Waals surface area contributed by atoms with E-state index in [0.29, 0.717) is 37.9 Å². The molecule has 9 heteroatoms. The summed E-state index contributed by atoms with van der Waals surface area (Å²) in [6.07, 6.45) is -5.01. The summed E-state index contributed by atoms with van der Waals surface area (Å²) in [6, 6.07) is 1.88. The lowest BCUT2D eigenvalue weighted by Crippen LogP contribution is -2.40. The molecule has 2 N–H and O–H groups in total. The highest BCUT2D eigenvalue weighted by Gasteiger charge is 2.31. The molecular weight excluding hydrogens is 328 g/mol. The van der Waals surface area contributed by atoms with Crippen LogP contribution in [0.5, 0.6) is 0 Å². The number of alkyl halides is 3. The minimum atomic E-state index is -4.59. The maximum Gasteiger partial charge on any atom is 0.416 e. The van der Waals surface area contributed by atoms with Crippen LogP contribution >= 0.6 is 12.4 Å². The van der Waals surface area contributed by atoms with Crippen LogP contribution in [0.3, 0.4) is 0 Å². The Morgan fingerprint density at radius 1 is 1.41 bits per heavy atom. The Balaban J connectivity index is 0.00000242. The lowest BCUT2D eigenvalue weighted by molar-refractivity contribution is -0.137. The van der Waals surface area contributed by atoms with Crippen LogP contribution in [0, 0.1) is 5.82 Å². The molecule has 1 aliphatic rings. The molecule has 1 aliphatic heterocycles.